The number of thiophene rings is 1. The van der Waals surface area contributed by atoms with Gasteiger partial charge in [-0.15, -0.1) is 11.3 Å². The van der Waals surface area contributed by atoms with Gasteiger partial charge >= 0.3 is 5.97 Å². The van der Waals surface area contributed by atoms with Gasteiger partial charge in [0.25, 0.3) is 0 Å². The predicted octanol–water partition coefficient (Wildman–Crippen LogP) is 2.47. The normalized spacial score (nSPS) is 14.9. The number of carbonyl (C=O) groups excluding carboxylic acids is 2. The van der Waals surface area contributed by atoms with Gasteiger partial charge in [0, 0.05) is 24.0 Å². The zero-order valence-electron chi connectivity index (χ0n) is 14.0. The van der Waals surface area contributed by atoms with Crippen LogP contribution in [0.3, 0.4) is 0 Å². The van der Waals surface area contributed by atoms with E-state index in [-0.39, 0.29) is 12.5 Å². The average molecular weight is 360 g/mol. The molecule has 0 bridgehead atoms. The molecule has 0 atom stereocenters. The number of morpholine rings is 1. The van der Waals surface area contributed by atoms with E-state index in [1.807, 2.05) is 40.6 Å². The zero-order chi connectivity index (χ0) is 17.6. The van der Waals surface area contributed by atoms with E-state index in [1.165, 1.54) is 18.4 Å². The van der Waals surface area contributed by atoms with E-state index in [0.29, 0.717) is 23.8 Å². The molecule has 1 aromatic carbocycles. The van der Waals surface area contributed by atoms with Crippen molar-refractivity contribution >= 4 is 28.2 Å². The standard InChI is InChI=1S/C18H20N2O4S/c1-23-18(22)16-14(13-5-3-2-4-6-13)12-25-17(16)19-15(21)11-20-7-9-24-10-8-20/h2-6,12H,7-11H2,1H3,(H,19,21). The Hall–Kier alpha value is -2.22. The number of rotatable bonds is 5. The molecule has 1 aromatic heterocycles. The van der Waals surface area contributed by atoms with E-state index in [1.54, 1.807) is 0 Å². The molecule has 0 spiro atoms. The highest BCUT2D eigenvalue weighted by atomic mass is 32.1. The summed E-state index contributed by atoms with van der Waals surface area (Å²) < 4.78 is 10.2. The van der Waals surface area contributed by atoms with Gasteiger partial charge in [0.1, 0.15) is 10.6 Å². The molecular weight excluding hydrogens is 340 g/mol. The molecule has 25 heavy (non-hydrogen) atoms. The van der Waals surface area contributed by atoms with Gasteiger partial charge in [0.15, 0.2) is 0 Å². The van der Waals surface area contributed by atoms with Crippen molar-refractivity contribution < 1.29 is 19.1 Å². The molecule has 2 aromatic rings. The number of methoxy groups -OCH3 is 1. The third-order valence-corrected chi connectivity index (χ3v) is 4.88. The molecule has 2 heterocycles. The number of amides is 1. The van der Waals surface area contributed by atoms with Crippen LogP contribution < -0.4 is 5.32 Å². The maximum Gasteiger partial charge on any atom is 0.341 e. The Kier molecular flexibility index (Phi) is 5.80. The number of carbonyl (C=O) groups is 2. The van der Waals surface area contributed by atoms with Crippen molar-refractivity contribution in [3.8, 4) is 11.1 Å². The van der Waals surface area contributed by atoms with E-state index >= 15 is 0 Å². The van der Waals surface area contributed by atoms with Crippen molar-refractivity contribution in [3.63, 3.8) is 0 Å². The van der Waals surface area contributed by atoms with Crippen LogP contribution in [0.5, 0.6) is 0 Å². The van der Waals surface area contributed by atoms with Crippen LogP contribution in [0.4, 0.5) is 5.00 Å². The number of hydrogen-bond acceptors (Lipinski definition) is 6. The van der Waals surface area contributed by atoms with Crippen molar-refractivity contribution in [1.29, 1.82) is 0 Å². The summed E-state index contributed by atoms with van der Waals surface area (Å²) in [7, 11) is 1.34. The number of nitrogens with zero attached hydrogens (tertiary/aromatic N) is 1. The molecule has 1 aliphatic heterocycles. The van der Waals surface area contributed by atoms with Crippen LogP contribution in [-0.4, -0.2) is 56.7 Å². The molecule has 3 rings (SSSR count). The molecule has 1 aliphatic rings. The molecule has 0 saturated carbocycles. The van der Waals surface area contributed by atoms with Crippen molar-refractivity contribution in [2.45, 2.75) is 0 Å². The zero-order valence-corrected chi connectivity index (χ0v) is 14.8. The first kappa shape index (κ1) is 17.6. The van der Waals surface area contributed by atoms with Crippen LogP contribution in [-0.2, 0) is 14.3 Å². The van der Waals surface area contributed by atoms with Gasteiger partial charge in [-0.05, 0) is 5.56 Å². The lowest BCUT2D eigenvalue weighted by atomic mass is 10.0. The number of esters is 1. The fraction of sp³-hybridized carbons (Fsp3) is 0.333. The largest absolute Gasteiger partial charge is 0.465 e. The summed E-state index contributed by atoms with van der Waals surface area (Å²) >= 11 is 1.33. The molecule has 1 amide bonds. The SMILES string of the molecule is COC(=O)c1c(-c2ccccc2)csc1NC(=O)CN1CCOCC1. The highest BCUT2D eigenvalue weighted by molar-refractivity contribution is 7.15. The van der Waals surface area contributed by atoms with Gasteiger partial charge in [0.2, 0.25) is 5.91 Å². The van der Waals surface area contributed by atoms with Gasteiger partial charge in [-0.3, -0.25) is 9.69 Å². The molecule has 1 fully saturated rings. The Morgan fingerprint density at radius 2 is 1.96 bits per heavy atom. The highest BCUT2D eigenvalue weighted by Gasteiger charge is 2.23. The summed E-state index contributed by atoms with van der Waals surface area (Å²) in [5, 5.41) is 5.24. The predicted molar refractivity (Wildman–Crippen MR) is 97.0 cm³/mol. The number of benzene rings is 1. The number of hydrogen-bond donors (Lipinski definition) is 1. The fourth-order valence-electron chi connectivity index (χ4n) is 2.71. The minimum absolute atomic E-state index is 0.145. The Labute approximate surface area is 150 Å². The topological polar surface area (TPSA) is 67.9 Å². The van der Waals surface area contributed by atoms with Crippen molar-refractivity contribution in [2.24, 2.45) is 0 Å². The molecular formula is C18H20N2O4S. The van der Waals surface area contributed by atoms with Crippen LogP contribution in [0.2, 0.25) is 0 Å². The van der Waals surface area contributed by atoms with E-state index in [9.17, 15) is 9.59 Å². The van der Waals surface area contributed by atoms with Crippen LogP contribution in [0, 0.1) is 0 Å². The average Bonchev–Trinajstić information content (AvgIpc) is 3.06. The number of nitrogens with one attached hydrogen (secondary N) is 1. The lowest BCUT2D eigenvalue weighted by molar-refractivity contribution is -0.118. The molecule has 0 radical (unpaired) electrons. The Morgan fingerprint density at radius 1 is 1.24 bits per heavy atom. The molecule has 6 nitrogen and oxygen atoms in total. The quantitative estimate of drug-likeness (QED) is 0.830. The molecule has 132 valence electrons. The maximum absolute atomic E-state index is 12.4. The van der Waals surface area contributed by atoms with E-state index in [4.69, 9.17) is 9.47 Å². The van der Waals surface area contributed by atoms with Crippen molar-refractivity contribution in [1.82, 2.24) is 4.90 Å². The number of anilines is 1. The summed E-state index contributed by atoms with van der Waals surface area (Å²) in [5.74, 6) is -0.602. The number of ether oxygens (including phenoxy) is 2. The summed E-state index contributed by atoms with van der Waals surface area (Å²) in [4.78, 5) is 26.6. The van der Waals surface area contributed by atoms with Gasteiger partial charge in [0.05, 0.1) is 26.9 Å². The van der Waals surface area contributed by atoms with Crippen molar-refractivity contribution in [2.75, 3.05) is 45.3 Å². The second kappa shape index (κ2) is 8.24. The molecule has 0 aliphatic carbocycles. The molecule has 7 heteroatoms. The maximum atomic E-state index is 12.4. The van der Waals surface area contributed by atoms with E-state index in [0.717, 1.165) is 24.2 Å². The van der Waals surface area contributed by atoms with Gasteiger partial charge in [-0.25, -0.2) is 4.79 Å². The second-order valence-corrected chi connectivity index (χ2v) is 6.53. The van der Waals surface area contributed by atoms with Crippen LogP contribution >= 0.6 is 11.3 Å². The Morgan fingerprint density at radius 3 is 2.64 bits per heavy atom. The van der Waals surface area contributed by atoms with Gasteiger partial charge < -0.3 is 14.8 Å². The lowest BCUT2D eigenvalue weighted by Crippen LogP contribution is -2.41. The van der Waals surface area contributed by atoms with Gasteiger partial charge in [-0.2, -0.15) is 0 Å². The minimum atomic E-state index is -0.457. The third-order valence-electron chi connectivity index (χ3n) is 3.99. The van der Waals surface area contributed by atoms with E-state index < -0.39 is 5.97 Å². The molecule has 0 unspecified atom stereocenters. The summed E-state index contributed by atoms with van der Waals surface area (Å²) in [6, 6.07) is 9.58. The second-order valence-electron chi connectivity index (χ2n) is 5.65. The fourth-order valence-corrected chi connectivity index (χ4v) is 3.69. The van der Waals surface area contributed by atoms with Crippen LogP contribution in [0.1, 0.15) is 10.4 Å². The first-order chi connectivity index (χ1) is 12.2. The Bertz CT molecular complexity index is 739. The minimum Gasteiger partial charge on any atom is -0.465 e. The summed E-state index contributed by atoms with van der Waals surface area (Å²) in [6.45, 7) is 3.02. The monoisotopic (exact) mass is 360 g/mol. The van der Waals surface area contributed by atoms with Gasteiger partial charge in [-0.1, -0.05) is 30.3 Å². The summed E-state index contributed by atoms with van der Waals surface area (Å²) in [6.07, 6.45) is 0. The van der Waals surface area contributed by atoms with Crippen molar-refractivity contribution in [3.05, 3.63) is 41.3 Å². The lowest BCUT2D eigenvalue weighted by Gasteiger charge is -2.25. The third kappa shape index (κ3) is 4.25. The highest BCUT2D eigenvalue weighted by Crippen LogP contribution is 2.36. The Balaban J connectivity index is 1.80. The first-order valence-corrected chi connectivity index (χ1v) is 8.92. The smallest absolute Gasteiger partial charge is 0.341 e. The summed E-state index contributed by atoms with van der Waals surface area (Å²) in [5.41, 5.74) is 2.07. The van der Waals surface area contributed by atoms with Crippen LogP contribution in [0.15, 0.2) is 35.7 Å². The van der Waals surface area contributed by atoms with E-state index in [2.05, 4.69) is 5.32 Å². The molecule has 1 saturated heterocycles. The first-order valence-electron chi connectivity index (χ1n) is 8.04. The molecule has 1 N–H and O–H groups in total. The van der Waals surface area contributed by atoms with Crippen LogP contribution in [0.25, 0.3) is 11.1 Å².